The second kappa shape index (κ2) is 7.83. The quantitative estimate of drug-likeness (QED) is 0.713. The first-order valence-corrected chi connectivity index (χ1v) is 9.24. The fourth-order valence-electron chi connectivity index (χ4n) is 3.39. The molecule has 150 valence electrons. The van der Waals surface area contributed by atoms with Crippen molar-refractivity contribution in [1.82, 2.24) is 19.8 Å². The number of benzene rings is 2. The zero-order valence-corrected chi connectivity index (χ0v) is 15.9. The molecule has 3 aromatic rings. The van der Waals surface area contributed by atoms with E-state index in [1.807, 2.05) is 7.05 Å². The largest absolute Gasteiger partial charge is 0.508 e. The molecule has 8 heteroatoms. The maximum absolute atomic E-state index is 13.8. The molecule has 4 rings (SSSR count). The van der Waals surface area contributed by atoms with E-state index in [2.05, 4.69) is 10.3 Å². The van der Waals surface area contributed by atoms with Crippen LogP contribution in [-0.2, 0) is 13.6 Å². The predicted octanol–water partition coefficient (Wildman–Crippen LogP) is 2.96. The van der Waals surface area contributed by atoms with Crippen LogP contribution in [0.25, 0.3) is 0 Å². The summed E-state index contributed by atoms with van der Waals surface area (Å²) in [5.41, 5.74) is 1.40. The van der Waals surface area contributed by atoms with E-state index >= 15 is 0 Å². The lowest BCUT2D eigenvalue weighted by molar-refractivity contribution is 0.185. The molecule has 0 bridgehead atoms. The van der Waals surface area contributed by atoms with Gasteiger partial charge < -0.3 is 24.6 Å². The fourth-order valence-corrected chi connectivity index (χ4v) is 3.39. The number of urea groups is 1. The van der Waals surface area contributed by atoms with Crippen LogP contribution in [0, 0.1) is 5.82 Å². The summed E-state index contributed by atoms with van der Waals surface area (Å²) in [6.07, 6.45) is 3.41. The Morgan fingerprint density at radius 3 is 2.93 bits per heavy atom. The fraction of sp³-hybridized carbons (Fsp3) is 0.238. The van der Waals surface area contributed by atoms with E-state index in [0.29, 0.717) is 36.8 Å². The number of phenols is 1. The third-order valence-electron chi connectivity index (χ3n) is 4.88. The molecule has 2 amide bonds. The van der Waals surface area contributed by atoms with Crippen molar-refractivity contribution in [1.29, 1.82) is 0 Å². The number of carbonyl (C=O) groups excluding carboxylic acids is 1. The van der Waals surface area contributed by atoms with Gasteiger partial charge in [0.15, 0.2) is 0 Å². The summed E-state index contributed by atoms with van der Waals surface area (Å²) < 4.78 is 21.3. The number of phenolic OH excluding ortho intramolecular Hbond substituents is 1. The van der Waals surface area contributed by atoms with E-state index < -0.39 is 6.04 Å². The van der Waals surface area contributed by atoms with Crippen molar-refractivity contribution >= 4 is 6.03 Å². The lowest BCUT2D eigenvalue weighted by Gasteiger charge is -2.25. The Balaban J connectivity index is 1.60. The van der Waals surface area contributed by atoms with Crippen LogP contribution in [0.2, 0.25) is 0 Å². The Morgan fingerprint density at radius 2 is 2.17 bits per heavy atom. The number of ether oxygens (including phenoxy) is 1. The Kier molecular flexibility index (Phi) is 5.07. The van der Waals surface area contributed by atoms with Crippen LogP contribution in [0.3, 0.4) is 0 Å². The van der Waals surface area contributed by atoms with Gasteiger partial charge in [-0.2, -0.15) is 0 Å². The van der Waals surface area contributed by atoms with E-state index in [1.54, 1.807) is 52.2 Å². The molecule has 2 heterocycles. The molecule has 1 aliphatic heterocycles. The number of halogens is 1. The van der Waals surface area contributed by atoms with Crippen LogP contribution >= 0.6 is 0 Å². The van der Waals surface area contributed by atoms with Crippen molar-refractivity contribution in [3.8, 4) is 11.5 Å². The van der Waals surface area contributed by atoms with Crippen molar-refractivity contribution in [2.24, 2.45) is 7.05 Å². The number of aromatic hydroxyl groups is 1. The lowest BCUT2D eigenvalue weighted by Crippen LogP contribution is -2.43. The van der Waals surface area contributed by atoms with Crippen LogP contribution in [0.1, 0.15) is 23.0 Å². The molecule has 1 atom stereocenters. The number of hydrogen-bond donors (Lipinski definition) is 2. The third-order valence-corrected chi connectivity index (χ3v) is 4.88. The molecule has 0 fully saturated rings. The first-order chi connectivity index (χ1) is 14.0. The minimum Gasteiger partial charge on any atom is -0.508 e. The average Bonchev–Trinajstić information content (AvgIpc) is 3.00. The van der Waals surface area contributed by atoms with E-state index in [9.17, 15) is 14.3 Å². The Labute approximate surface area is 167 Å². The van der Waals surface area contributed by atoms with Crippen LogP contribution in [0.5, 0.6) is 11.5 Å². The maximum atomic E-state index is 13.8. The van der Waals surface area contributed by atoms with Gasteiger partial charge in [0.25, 0.3) is 0 Å². The van der Waals surface area contributed by atoms with E-state index in [1.165, 1.54) is 12.1 Å². The SMILES string of the molecule is Cn1ccnc1C(NC(=O)N1CCOc2cc(O)ccc2C1)c1cccc(F)c1. The van der Waals surface area contributed by atoms with Gasteiger partial charge in [0.1, 0.15) is 35.8 Å². The van der Waals surface area contributed by atoms with Crippen molar-refractivity contribution in [3.63, 3.8) is 0 Å². The molecule has 0 spiro atoms. The number of nitrogens with zero attached hydrogens (tertiary/aromatic N) is 3. The topological polar surface area (TPSA) is 79.6 Å². The van der Waals surface area contributed by atoms with E-state index in [-0.39, 0.29) is 17.6 Å². The standard InChI is InChI=1S/C21H21FN4O3/c1-25-8-7-23-20(25)19(14-3-2-4-16(22)11-14)24-21(28)26-9-10-29-18-12-17(27)6-5-15(18)13-26/h2-8,11-12,19,27H,9-10,13H2,1H3,(H,24,28). The van der Waals surface area contributed by atoms with Gasteiger partial charge in [0.05, 0.1) is 13.1 Å². The van der Waals surface area contributed by atoms with Crippen LogP contribution in [0.4, 0.5) is 9.18 Å². The van der Waals surface area contributed by atoms with Crippen LogP contribution < -0.4 is 10.1 Å². The van der Waals surface area contributed by atoms with E-state index in [0.717, 1.165) is 5.56 Å². The number of rotatable bonds is 3. The molecule has 0 saturated carbocycles. The number of fused-ring (bicyclic) bond motifs is 1. The molecule has 1 aromatic heterocycles. The van der Waals surface area contributed by atoms with Gasteiger partial charge in [-0.1, -0.05) is 12.1 Å². The zero-order chi connectivity index (χ0) is 20.4. The maximum Gasteiger partial charge on any atom is 0.318 e. The second-order valence-corrected chi connectivity index (χ2v) is 6.90. The Bertz CT molecular complexity index is 1040. The minimum atomic E-state index is -0.610. The first kappa shape index (κ1) is 18.8. The summed E-state index contributed by atoms with van der Waals surface area (Å²) in [5, 5.41) is 12.6. The van der Waals surface area contributed by atoms with E-state index in [4.69, 9.17) is 4.74 Å². The molecule has 2 N–H and O–H groups in total. The highest BCUT2D eigenvalue weighted by atomic mass is 19.1. The summed E-state index contributed by atoms with van der Waals surface area (Å²) in [7, 11) is 1.82. The van der Waals surface area contributed by atoms with Crippen molar-refractivity contribution < 1.29 is 19.0 Å². The van der Waals surface area contributed by atoms with Crippen molar-refractivity contribution in [3.05, 3.63) is 77.6 Å². The number of aromatic nitrogens is 2. The number of amides is 2. The molecular formula is C21H21FN4O3. The monoisotopic (exact) mass is 396 g/mol. The molecule has 1 unspecified atom stereocenters. The molecule has 7 nitrogen and oxygen atoms in total. The Hall–Kier alpha value is -3.55. The summed E-state index contributed by atoms with van der Waals surface area (Å²) in [6, 6.07) is 10.0. The van der Waals surface area contributed by atoms with Gasteiger partial charge >= 0.3 is 6.03 Å². The Morgan fingerprint density at radius 1 is 1.31 bits per heavy atom. The summed E-state index contributed by atoms with van der Waals surface area (Å²) in [5.74, 6) is 0.891. The third kappa shape index (κ3) is 4.01. The molecule has 0 saturated heterocycles. The van der Waals surface area contributed by atoms with Gasteiger partial charge in [-0.25, -0.2) is 14.2 Å². The molecule has 2 aromatic carbocycles. The smallest absolute Gasteiger partial charge is 0.318 e. The molecule has 29 heavy (non-hydrogen) atoms. The van der Waals surface area contributed by atoms with Gasteiger partial charge in [0.2, 0.25) is 0 Å². The zero-order valence-electron chi connectivity index (χ0n) is 15.9. The molecule has 1 aliphatic rings. The second-order valence-electron chi connectivity index (χ2n) is 6.90. The first-order valence-electron chi connectivity index (χ1n) is 9.24. The average molecular weight is 396 g/mol. The highest BCUT2D eigenvalue weighted by molar-refractivity contribution is 5.75. The highest BCUT2D eigenvalue weighted by Gasteiger charge is 2.26. The van der Waals surface area contributed by atoms with Gasteiger partial charge in [-0.3, -0.25) is 0 Å². The highest BCUT2D eigenvalue weighted by Crippen LogP contribution is 2.28. The number of nitrogens with one attached hydrogen (secondary N) is 1. The van der Waals surface area contributed by atoms with Crippen molar-refractivity contribution in [2.45, 2.75) is 12.6 Å². The van der Waals surface area contributed by atoms with Crippen LogP contribution in [0.15, 0.2) is 54.9 Å². The lowest BCUT2D eigenvalue weighted by atomic mass is 10.1. The van der Waals surface area contributed by atoms with Gasteiger partial charge in [-0.15, -0.1) is 0 Å². The van der Waals surface area contributed by atoms with Crippen molar-refractivity contribution in [2.75, 3.05) is 13.2 Å². The summed E-state index contributed by atoms with van der Waals surface area (Å²) >= 11 is 0. The minimum absolute atomic E-state index is 0.114. The molecule has 0 radical (unpaired) electrons. The number of imidazole rings is 1. The summed E-state index contributed by atoms with van der Waals surface area (Å²) in [6.45, 7) is 1.01. The molecule has 0 aliphatic carbocycles. The normalized spacial score (nSPS) is 14.5. The number of carbonyl (C=O) groups is 1. The summed E-state index contributed by atoms with van der Waals surface area (Å²) in [4.78, 5) is 19.0. The van der Waals surface area contributed by atoms with Crippen LogP contribution in [-0.4, -0.2) is 38.7 Å². The number of aryl methyl sites for hydroxylation is 1. The van der Waals surface area contributed by atoms with Gasteiger partial charge in [0, 0.05) is 31.1 Å². The van der Waals surface area contributed by atoms with Gasteiger partial charge in [-0.05, 0) is 29.8 Å². The number of hydrogen-bond acceptors (Lipinski definition) is 4. The predicted molar refractivity (Wildman–Crippen MR) is 104 cm³/mol. The molecular weight excluding hydrogens is 375 g/mol.